The van der Waals surface area contributed by atoms with Gasteiger partial charge < -0.3 is 14.8 Å². The number of nitrogens with one attached hydrogen (secondary N) is 2. The molecule has 1 amide bonds. The van der Waals surface area contributed by atoms with Gasteiger partial charge in [-0.25, -0.2) is 4.68 Å². The number of nitrogens with zero attached hydrogens (tertiary/aromatic N) is 3. The molecule has 2 N–H and O–H groups in total. The number of allylic oxidation sites excluding steroid dienone is 1. The Morgan fingerprint density at radius 2 is 1.56 bits per heavy atom. The molecule has 0 aliphatic carbocycles. The number of fused-ring (bicyclic) bond motifs is 1. The lowest BCUT2D eigenvalue weighted by atomic mass is 10.0. The van der Waals surface area contributed by atoms with Crippen LogP contribution in [0, 0.1) is 0 Å². The Hall–Kier alpha value is -4.59. The Balaban J connectivity index is 1.47. The maximum absolute atomic E-state index is 12.7. The highest BCUT2D eigenvalue weighted by atomic mass is 16.5. The third kappa shape index (κ3) is 4.21. The van der Waals surface area contributed by atoms with Gasteiger partial charge >= 0.3 is 0 Å². The summed E-state index contributed by atoms with van der Waals surface area (Å²) in [6.07, 6.45) is 2.09. The molecule has 170 valence electrons. The molecule has 0 saturated heterocycles. The first kappa shape index (κ1) is 21.3. The molecule has 8 heteroatoms. The lowest BCUT2D eigenvalue weighted by Crippen LogP contribution is -2.20. The predicted octanol–water partition coefficient (Wildman–Crippen LogP) is 4.60. The van der Waals surface area contributed by atoms with Crippen LogP contribution in [0.1, 0.15) is 27.5 Å². The van der Waals surface area contributed by atoms with Crippen LogP contribution >= 0.6 is 0 Å². The Kier molecular flexibility index (Phi) is 5.70. The van der Waals surface area contributed by atoms with Gasteiger partial charge in [0.1, 0.15) is 17.5 Å². The highest BCUT2D eigenvalue weighted by molar-refractivity contribution is 6.03. The normalized spacial score (nSPS) is 14.4. The highest BCUT2D eigenvalue weighted by Gasteiger charge is 2.26. The van der Waals surface area contributed by atoms with Gasteiger partial charge in [0.2, 0.25) is 5.95 Å². The molecule has 0 fully saturated rings. The molecular weight excluding hydrogens is 430 g/mol. The number of anilines is 2. The van der Waals surface area contributed by atoms with Crippen LogP contribution in [-0.4, -0.2) is 34.9 Å². The van der Waals surface area contributed by atoms with Gasteiger partial charge in [0, 0.05) is 11.3 Å². The lowest BCUT2D eigenvalue weighted by molar-refractivity contribution is 0.102. The molecule has 1 aromatic heterocycles. The Morgan fingerprint density at radius 1 is 0.912 bits per heavy atom. The van der Waals surface area contributed by atoms with E-state index < -0.39 is 0 Å². The number of methoxy groups -OCH3 is 2. The molecule has 3 aromatic carbocycles. The smallest absolute Gasteiger partial charge is 0.258 e. The minimum atomic E-state index is -0.303. The monoisotopic (exact) mass is 453 g/mol. The van der Waals surface area contributed by atoms with Crippen LogP contribution in [0.2, 0.25) is 0 Å². The van der Waals surface area contributed by atoms with Crippen LogP contribution in [0.4, 0.5) is 11.9 Å². The minimum Gasteiger partial charge on any atom is -0.497 e. The van der Waals surface area contributed by atoms with Gasteiger partial charge in [-0.05, 0) is 53.6 Å². The molecule has 1 aliphatic rings. The number of hydrogen-bond donors (Lipinski definition) is 2. The molecule has 4 aromatic rings. The van der Waals surface area contributed by atoms with Gasteiger partial charge in [-0.2, -0.15) is 4.98 Å². The zero-order valence-electron chi connectivity index (χ0n) is 18.7. The SMILES string of the molecule is COc1ccc(C(=O)Nc2nc3n(n2)[C@H](c2ccc(OC)cc2)C=C(c2ccccc2)N3)cc1. The molecule has 0 unspecified atom stereocenters. The second kappa shape index (κ2) is 9.11. The molecule has 0 spiro atoms. The molecule has 1 aliphatic heterocycles. The first-order valence-corrected chi connectivity index (χ1v) is 10.7. The number of benzene rings is 3. The van der Waals surface area contributed by atoms with Gasteiger partial charge in [-0.1, -0.05) is 42.5 Å². The fourth-order valence-corrected chi connectivity index (χ4v) is 3.79. The van der Waals surface area contributed by atoms with E-state index in [2.05, 4.69) is 26.8 Å². The van der Waals surface area contributed by atoms with E-state index in [1.54, 1.807) is 43.2 Å². The lowest BCUT2D eigenvalue weighted by Gasteiger charge is -2.24. The van der Waals surface area contributed by atoms with Crippen molar-refractivity contribution < 1.29 is 14.3 Å². The average Bonchev–Trinajstić information content (AvgIpc) is 3.31. The zero-order chi connectivity index (χ0) is 23.5. The van der Waals surface area contributed by atoms with Crippen molar-refractivity contribution in [1.82, 2.24) is 14.8 Å². The topological polar surface area (TPSA) is 90.3 Å². The van der Waals surface area contributed by atoms with Crippen molar-refractivity contribution in [3.8, 4) is 11.5 Å². The zero-order valence-corrected chi connectivity index (χ0v) is 18.7. The standard InChI is InChI=1S/C26H23N5O3/c1-33-20-12-8-18(9-13-20)23-16-22(17-6-4-3-5-7-17)27-26-29-25(30-31(23)26)28-24(32)19-10-14-21(34-2)15-11-19/h3-16,23H,1-2H3,(H2,27,28,29,30,32)/t23-/m0/s1. The first-order valence-electron chi connectivity index (χ1n) is 10.7. The van der Waals surface area contributed by atoms with Crippen LogP contribution in [-0.2, 0) is 0 Å². The molecule has 8 nitrogen and oxygen atoms in total. The van der Waals surface area contributed by atoms with E-state index in [0.717, 1.165) is 22.6 Å². The molecule has 0 bridgehead atoms. The van der Waals surface area contributed by atoms with Gasteiger partial charge in [-0.3, -0.25) is 10.1 Å². The molecule has 5 rings (SSSR count). The van der Waals surface area contributed by atoms with Crippen molar-refractivity contribution in [2.75, 3.05) is 24.9 Å². The van der Waals surface area contributed by atoms with E-state index in [9.17, 15) is 4.79 Å². The summed E-state index contributed by atoms with van der Waals surface area (Å²) >= 11 is 0. The summed E-state index contributed by atoms with van der Waals surface area (Å²) in [5.74, 6) is 1.90. The fourth-order valence-electron chi connectivity index (χ4n) is 3.79. The fraction of sp³-hybridized carbons (Fsp3) is 0.115. The third-order valence-electron chi connectivity index (χ3n) is 5.59. The van der Waals surface area contributed by atoms with E-state index in [1.165, 1.54) is 0 Å². The number of carbonyl (C=O) groups is 1. The number of hydrogen-bond acceptors (Lipinski definition) is 6. The largest absolute Gasteiger partial charge is 0.497 e. The Labute approximate surface area is 196 Å². The second-order valence-electron chi connectivity index (χ2n) is 7.68. The number of amides is 1. The van der Waals surface area contributed by atoms with E-state index in [4.69, 9.17) is 9.47 Å². The summed E-state index contributed by atoms with van der Waals surface area (Å²) in [5, 5.41) is 10.7. The highest BCUT2D eigenvalue weighted by Crippen LogP contribution is 2.33. The summed E-state index contributed by atoms with van der Waals surface area (Å²) in [6.45, 7) is 0. The van der Waals surface area contributed by atoms with Crippen LogP contribution in [0.15, 0.2) is 84.9 Å². The second-order valence-corrected chi connectivity index (χ2v) is 7.68. The maximum atomic E-state index is 12.7. The van der Waals surface area contributed by atoms with Crippen LogP contribution in [0.5, 0.6) is 11.5 Å². The van der Waals surface area contributed by atoms with Crippen molar-refractivity contribution in [3.63, 3.8) is 0 Å². The molecule has 0 radical (unpaired) electrons. The third-order valence-corrected chi connectivity index (χ3v) is 5.59. The molecule has 34 heavy (non-hydrogen) atoms. The summed E-state index contributed by atoms with van der Waals surface area (Å²) in [6, 6.07) is 24.5. The average molecular weight is 454 g/mol. The summed E-state index contributed by atoms with van der Waals surface area (Å²) in [5.41, 5.74) is 3.43. The number of aromatic nitrogens is 3. The quantitative estimate of drug-likeness (QED) is 0.443. The van der Waals surface area contributed by atoms with Crippen molar-refractivity contribution in [2.24, 2.45) is 0 Å². The maximum Gasteiger partial charge on any atom is 0.258 e. The van der Waals surface area contributed by atoms with Crippen LogP contribution < -0.4 is 20.1 Å². The molecule has 1 atom stereocenters. The van der Waals surface area contributed by atoms with E-state index in [1.807, 2.05) is 54.6 Å². The Morgan fingerprint density at radius 3 is 2.21 bits per heavy atom. The van der Waals surface area contributed by atoms with E-state index >= 15 is 0 Å². The van der Waals surface area contributed by atoms with Gasteiger partial charge in [0.05, 0.1) is 14.2 Å². The van der Waals surface area contributed by atoms with E-state index in [-0.39, 0.29) is 17.9 Å². The molecule has 2 heterocycles. The minimum absolute atomic E-state index is 0.213. The Bertz CT molecular complexity index is 1330. The number of ether oxygens (including phenoxy) is 2. The summed E-state index contributed by atoms with van der Waals surface area (Å²) < 4.78 is 12.2. The van der Waals surface area contributed by atoms with Gasteiger partial charge in [-0.15, -0.1) is 5.10 Å². The predicted molar refractivity (Wildman–Crippen MR) is 130 cm³/mol. The van der Waals surface area contributed by atoms with E-state index in [0.29, 0.717) is 17.3 Å². The number of carbonyl (C=O) groups excluding carboxylic acids is 1. The van der Waals surface area contributed by atoms with Crippen molar-refractivity contribution in [2.45, 2.75) is 6.04 Å². The van der Waals surface area contributed by atoms with Crippen molar-refractivity contribution in [3.05, 3.63) is 102 Å². The van der Waals surface area contributed by atoms with Crippen molar-refractivity contribution in [1.29, 1.82) is 0 Å². The molecule has 0 saturated carbocycles. The van der Waals surface area contributed by atoms with Crippen LogP contribution in [0.25, 0.3) is 5.70 Å². The van der Waals surface area contributed by atoms with Gasteiger partial charge in [0.25, 0.3) is 11.9 Å². The number of rotatable bonds is 6. The first-order chi connectivity index (χ1) is 16.6. The summed E-state index contributed by atoms with van der Waals surface area (Å²) in [7, 11) is 3.22. The van der Waals surface area contributed by atoms with Gasteiger partial charge in [0.15, 0.2) is 0 Å². The van der Waals surface area contributed by atoms with Crippen LogP contribution in [0.3, 0.4) is 0 Å². The summed E-state index contributed by atoms with van der Waals surface area (Å²) in [4.78, 5) is 17.3. The van der Waals surface area contributed by atoms with Crippen molar-refractivity contribution >= 4 is 23.5 Å². The molecular formula is C26H23N5O3.